The SMILES string of the molecule is COc1cc2ccccc2cc1C(=O)NC(=S)Nc1ccc2oc(-c3cccc4c(Cl)cccc34)nc2c1. The molecule has 8 heteroatoms. The maximum Gasteiger partial charge on any atom is 0.261 e. The van der Waals surface area contributed by atoms with Crippen LogP contribution in [-0.4, -0.2) is 23.1 Å². The molecule has 0 aliphatic rings. The molecule has 0 radical (unpaired) electrons. The number of hydrogen-bond donors (Lipinski definition) is 2. The smallest absolute Gasteiger partial charge is 0.261 e. The molecular formula is C30H20ClN3O3S. The Morgan fingerprint density at radius 1 is 0.921 bits per heavy atom. The average Bonchev–Trinajstić information content (AvgIpc) is 3.35. The molecule has 38 heavy (non-hydrogen) atoms. The number of nitrogens with one attached hydrogen (secondary N) is 2. The van der Waals surface area contributed by atoms with Crippen molar-refractivity contribution in [3.63, 3.8) is 0 Å². The minimum absolute atomic E-state index is 0.150. The molecule has 0 aliphatic carbocycles. The normalized spacial score (nSPS) is 11.1. The van der Waals surface area contributed by atoms with Crippen molar-refractivity contribution in [3.05, 3.63) is 102 Å². The Morgan fingerprint density at radius 2 is 1.68 bits per heavy atom. The predicted molar refractivity (Wildman–Crippen MR) is 156 cm³/mol. The van der Waals surface area contributed by atoms with E-state index < -0.39 is 0 Å². The van der Waals surface area contributed by atoms with E-state index in [2.05, 4.69) is 10.6 Å². The molecule has 1 heterocycles. The van der Waals surface area contributed by atoms with Crippen LogP contribution in [-0.2, 0) is 0 Å². The minimum Gasteiger partial charge on any atom is -0.496 e. The summed E-state index contributed by atoms with van der Waals surface area (Å²) in [6.07, 6.45) is 0. The first-order chi connectivity index (χ1) is 18.5. The molecule has 2 N–H and O–H groups in total. The highest BCUT2D eigenvalue weighted by atomic mass is 35.5. The summed E-state index contributed by atoms with van der Waals surface area (Å²) in [5.41, 5.74) is 3.17. The molecule has 6 aromatic rings. The van der Waals surface area contributed by atoms with Gasteiger partial charge >= 0.3 is 0 Å². The van der Waals surface area contributed by atoms with E-state index in [4.69, 9.17) is 38.0 Å². The van der Waals surface area contributed by atoms with Crippen LogP contribution in [0, 0.1) is 0 Å². The van der Waals surface area contributed by atoms with Crippen LogP contribution in [0.4, 0.5) is 5.69 Å². The van der Waals surface area contributed by atoms with Gasteiger partial charge in [0.15, 0.2) is 10.7 Å². The van der Waals surface area contributed by atoms with Gasteiger partial charge in [0.2, 0.25) is 5.89 Å². The van der Waals surface area contributed by atoms with Gasteiger partial charge in [0.05, 0.1) is 12.7 Å². The summed E-state index contributed by atoms with van der Waals surface area (Å²) in [6, 6.07) is 28.4. The quantitative estimate of drug-likeness (QED) is 0.226. The number of thiocarbonyl (C=S) groups is 1. The predicted octanol–water partition coefficient (Wildman–Crippen LogP) is 7.59. The summed E-state index contributed by atoms with van der Waals surface area (Å²) in [4.78, 5) is 17.7. The standard InChI is InChI=1S/C30H20ClN3O3S/c1-36-27-15-18-7-3-2-6-17(18)14-23(27)28(35)34-30(38)32-19-12-13-26-25(16-19)33-29(37-26)22-10-4-9-21-20(22)8-5-11-24(21)31/h2-16H,1H3,(H2,32,34,35,38). The first kappa shape index (κ1) is 23.9. The van der Waals surface area contributed by atoms with E-state index in [1.807, 2.05) is 84.9 Å². The molecule has 1 aromatic heterocycles. The van der Waals surface area contributed by atoms with Gasteiger partial charge in [-0.25, -0.2) is 4.98 Å². The molecular weight excluding hydrogens is 518 g/mol. The summed E-state index contributed by atoms with van der Waals surface area (Å²) in [5, 5.41) is 10.4. The Bertz CT molecular complexity index is 1880. The highest BCUT2D eigenvalue weighted by Crippen LogP contribution is 2.34. The fourth-order valence-corrected chi connectivity index (χ4v) is 4.93. The van der Waals surface area contributed by atoms with Crippen LogP contribution in [0.1, 0.15) is 10.4 Å². The average molecular weight is 538 g/mol. The van der Waals surface area contributed by atoms with Gasteiger partial charge in [0, 0.05) is 21.7 Å². The molecule has 0 bridgehead atoms. The second kappa shape index (κ2) is 9.78. The summed E-state index contributed by atoms with van der Waals surface area (Å²) < 4.78 is 11.5. The summed E-state index contributed by atoms with van der Waals surface area (Å²) in [6.45, 7) is 0. The zero-order valence-electron chi connectivity index (χ0n) is 20.1. The number of benzene rings is 5. The molecule has 5 aromatic carbocycles. The first-order valence-corrected chi connectivity index (χ1v) is 12.6. The van der Waals surface area contributed by atoms with Crippen molar-refractivity contribution in [1.29, 1.82) is 0 Å². The fraction of sp³-hybridized carbons (Fsp3) is 0.0333. The van der Waals surface area contributed by atoms with Crippen LogP contribution in [0.15, 0.2) is 95.4 Å². The lowest BCUT2D eigenvalue weighted by Crippen LogP contribution is -2.34. The lowest BCUT2D eigenvalue weighted by Gasteiger charge is -2.12. The zero-order valence-corrected chi connectivity index (χ0v) is 21.7. The van der Waals surface area contributed by atoms with Gasteiger partial charge < -0.3 is 14.5 Å². The highest BCUT2D eigenvalue weighted by Gasteiger charge is 2.16. The second-order valence-corrected chi connectivity index (χ2v) is 9.47. The van der Waals surface area contributed by atoms with Crippen LogP contribution in [0.2, 0.25) is 5.02 Å². The number of halogens is 1. The Kier molecular flexibility index (Phi) is 6.15. The number of amides is 1. The van der Waals surface area contributed by atoms with Crippen molar-refractivity contribution in [1.82, 2.24) is 10.3 Å². The Labute approximate surface area is 228 Å². The molecule has 6 nitrogen and oxygen atoms in total. The van der Waals surface area contributed by atoms with Gasteiger partial charge in [0.25, 0.3) is 5.91 Å². The third kappa shape index (κ3) is 4.42. The molecule has 0 spiro atoms. The van der Waals surface area contributed by atoms with E-state index in [0.29, 0.717) is 39.0 Å². The van der Waals surface area contributed by atoms with Crippen LogP contribution in [0.5, 0.6) is 5.75 Å². The van der Waals surface area contributed by atoms with E-state index in [1.165, 1.54) is 7.11 Å². The van der Waals surface area contributed by atoms with Gasteiger partial charge in [-0.1, -0.05) is 60.1 Å². The number of nitrogens with zero attached hydrogens (tertiary/aromatic N) is 1. The number of carbonyl (C=O) groups is 1. The third-order valence-electron chi connectivity index (χ3n) is 6.28. The fourth-order valence-electron chi connectivity index (χ4n) is 4.48. The number of rotatable bonds is 4. The maximum absolute atomic E-state index is 13.0. The second-order valence-electron chi connectivity index (χ2n) is 8.65. The van der Waals surface area contributed by atoms with Gasteiger partial charge in [-0.15, -0.1) is 0 Å². The number of hydrogen-bond acceptors (Lipinski definition) is 5. The van der Waals surface area contributed by atoms with Gasteiger partial charge in [0.1, 0.15) is 11.3 Å². The molecule has 0 unspecified atom stereocenters. The molecule has 0 saturated carbocycles. The third-order valence-corrected chi connectivity index (χ3v) is 6.82. The van der Waals surface area contributed by atoms with Gasteiger partial charge in [-0.05, 0) is 70.8 Å². The van der Waals surface area contributed by atoms with Crippen LogP contribution in [0.25, 0.3) is 44.1 Å². The van der Waals surface area contributed by atoms with Crippen molar-refractivity contribution in [2.45, 2.75) is 0 Å². The Morgan fingerprint density at radius 3 is 2.50 bits per heavy atom. The van der Waals surface area contributed by atoms with Crippen LogP contribution in [0.3, 0.4) is 0 Å². The van der Waals surface area contributed by atoms with E-state index in [1.54, 1.807) is 6.07 Å². The Balaban J connectivity index is 1.23. The van der Waals surface area contributed by atoms with Crippen molar-refractivity contribution >= 4 is 73.2 Å². The summed E-state index contributed by atoms with van der Waals surface area (Å²) >= 11 is 11.8. The Hall–Kier alpha value is -4.46. The van der Waals surface area contributed by atoms with Crippen molar-refractivity contribution in [2.75, 3.05) is 12.4 Å². The van der Waals surface area contributed by atoms with Crippen molar-refractivity contribution < 1.29 is 13.9 Å². The number of anilines is 1. The topological polar surface area (TPSA) is 76.4 Å². The van der Waals surface area contributed by atoms with E-state index >= 15 is 0 Å². The minimum atomic E-state index is -0.371. The first-order valence-electron chi connectivity index (χ1n) is 11.8. The molecule has 186 valence electrons. The molecule has 0 atom stereocenters. The number of carbonyl (C=O) groups excluding carboxylic acids is 1. The number of fused-ring (bicyclic) bond motifs is 3. The van der Waals surface area contributed by atoms with E-state index in [9.17, 15) is 4.79 Å². The number of aromatic nitrogens is 1. The van der Waals surface area contributed by atoms with E-state index in [-0.39, 0.29) is 11.0 Å². The monoisotopic (exact) mass is 537 g/mol. The van der Waals surface area contributed by atoms with Crippen LogP contribution >= 0.6 is 23.8 Å². The summed E-state index contributed by atoms with van der Waals surface area (Å²) in [7, 11) is 1.53. The zero-order chi connectivity index (χ0) is 26.2. The molecule has 1 amide bonds. The van der Waals surface area contributed by atoms with Crippen LogP contribution < -0.4 is 15.4 Å². The number of ether oxygens (including phenoxy) is 1. The maximum atomic E-state index is 13.0. The van der Waals surface area contributed by atoms with Gasteiger partial charge in [-0.2, -0.15) is 0 Å². The molecule has 6 rings (SSSR count). The van der Waals surface area contributed by atoms with Crippen molar-refractivity contribution in [3.8, 4) is 17.2 Å². The lowest BCUT2D eigenvalue weighted by molar-refractivity contribution is 0.0975. The van der Waals surface area contributed by atoms with E-state index in [0.717, 1.165) is 27.1 Å². The largest absolute Gasteiger partial charge is 0.496 e. The van der Waals surface area contributed by atoms with Gasteiger partial charge in [-0.3, -0.25) is 10.1 Å². The highest BCUT2D eigenvalue weighted by molar-refractivity contribution is 7.80. The number of methoxy groups -OCH3 is 1. The summed E-state index contributed by atoms with van der Waals surface area (Å²) in [5.74, 6) is 0.587. The lowest BCUT2D eigenvalue weighted by atomic mass is 10.0. The molecule has 0 saturated heterocycles. The van der Waals surface area contributed by atoms with Crippen molar-refractivity contribution in [2.24, 2.45) is 0 Å². The molecule has 0 fully saturated rings. The number of oxazole rings is 1. The molecule has 0 aliphatic heterocycles.